The van der Waals surface area contributed by atoms with Crippen LogP contribution in [-0.4, -0.2) is 31.9 Å². The van der Waals surface area contributed by atoms with E-state index in [0.717, 1.165) is 17.5 Å². The summed E-state index contributed by atoms with van der Waals surface area (Å²) in [4.78, 5) is 25.7. The smallest absolute Gasteiger partial charge is 0.262 e. The number of fused-ring (bicyclic) bond motifs is 4. The number of para-hydroxylation sites is 1. The first kappa shape index (κ1) is 21.9. The molecule has 5 rings (SSSR count). The van der Waals surface area contributed by atoms with Crippen molar-refractivity contribution < 1.29 is 14.3 Å². The molecule has 0 unspecified atom stereocenters. The van der Waals surface area contributed by atoms with Crippen molar-refractivity contribution in [3.8, 4) is 11.5 Å². The van der Waals surface area contributed by atoms with Gasteiger partial charge in [0.2, 0.25) is 18.5 Å². The Morgan fingerprint density at radius 1 is 1.12 bits per heavy atom. The SMILES string of the molecule is CC(C)CCn1c(=O)c2ccccc2n2c(CCC(=O)NCc3ccc4c(c3)OCO4)nnc12. The fourth-order valence-corrected chi connectivity index (χ4v) is 4.13. The number of carbonyl (C=O) groups excluding carboxylic acids is 1. The Morgan fingerprint density at radius 2 is 1.94 bits per heavy atom. The molecule has 1 N–H and O–H groups in total. The maximum atomic E-state index is 13.1. The van der Waals surface area contributed by atoms with Gasteiger partial charge in [-0.1, -0.05) is 32.0 Å². The summed E-state index contributed by atoms with van der Waals surface area (Å²) in [5, 5.41) is 12.2. The van der Waals surface area contributed by atoms with Crippen molar-refractivity contribution in [2.45, 2.75) is 46.2 Å². The van der Waals surface area contributed by atoms with Crippen molar-refractivity contribution in [2.24, 2.45) is 5.92 Å². The van der Waals surface area contributed by atoms with Crippen LogP contribution < -0.4 is 20.3 Å². The van der Waals surface area contributed by atoms with E-state index >= 15 is 0 Å². The lowest BCUT2D eigenvalue weighted by Crippen LogP contribution is -2.25. The summed E-state index contributed by atoms with van der Waals surface area (Å²) in [5.41, 5.74) is 1.62. The minimum absolute atomic E-state index is 0.0656. The van der Waals surface area contributed by atoms with E-state index in [0.29, 0.717) is 53.9 Å². The van der Waals surface area contributed by atoms with Crippen LogP contribution in [0.4, 0.5) is 0 Å². The number of ether oxygens (including phenoxy) is 2. The Balaban J connectivity index is 1.34. The van der Waals surface area contributed by atoms with E-state index < -0.39 is 0 Å². The van der Waals surface area contributed by atoms with Gasteiger partial charge in [0.05, 0.1) is 10.9 Å². The Hall–Kier alpha value is -3.88. The lowest BCUT2D eigenvalue weighted by atomic mass is 10.1. The molecular formula is C25H27N5O4. The third-order valence-corrected chi connectivity index (χ3v) is 6.01. The van der Waals surface area contributed by atoms with E-state index in [-0.39, 0.29) is 24.7 Å². The first-order chi connectivity index (χ1) is 16.5. The standard InChI is InChI=1S/C25H27N5O4/c1-16(2)11-12-29-24(32)18-5-3-4-6-19(18)30-22(27-28-25(29)30)9-10-23(31)26-14-17-7-8-20-21(13-17)34-15-33-20/h3-8,13,16H,9-12,14-15H2,1-2H3,(H,26,31). The van der Waals surface area contributed by atoms with Gasteiger partial charge in [0.1, 0.15) is 5.82 Å². The number of carbonyl (C=O) groups is 1. The molecule has 1 aliphatic rings. The number of nitrogens with one attached hydrogen (secondary N) is 1. The number of hydrogen-bond acceptors (Lipinski definition) is 6. The maximum Gasteiger partial charge on any atom is 0.262 e. The van der Waals surface area contributed by atoms with E-state index in [1.807, 2.05) is 46.9 Å². The molecule has 0 spiro atoms. The first-order valence-corrected chi connectivity index (χ1v) is 11.5. The maximum absolute atomic E-state index is 13.1. The second-order valence-electron chi connectivity index (χ2n) is 8.87. The normalized spacial score (nSPS) is 12.7. The Bertz CT molecular complexity index is 1420. The molecule has 3 heterocycles. The van der Waals surface area contributed by atoms with Crippen molar-refractivity contribution in [3.05, 3.63) is 64.2 Å². The molecule has 1 amide bonds. The third-order valence-electron chi connectivity index (χ3n) is 6.01. The highest BCUT2D eigenvalue weighted by molar-refractivity contribution is 5.80. The molecule has 2 aromatic carbocycles. The average Bonchev–Trinajstić information content (AvgIpc) is 3.48. The molecule has 34 heavy (non-hydrogen) atoms. The van der Waals surface area contributed by atoms with Gasteiger partial charge >= 0.3 is 0 Å². The molecule has 176 valence electrons. The van der Waals surface area contributed by atoms with Gasteiger partial charge < -0.3 is 14.8 Å². The van der Waals surface area contributed by atoms with Crippen molar-refractivity contribution >= 4 is 22.6 Å². The number of rotatable bonds is 8. The summed E-state index contributed by atoms with van der Waals surface area (Å²) < 4.78 is 14.3. The zero-order valence-corrected chi connectivity index (χ0v) is 19.3. The molecule has 2 aromatic heterocycles. The van der Waals surface area contributed by atoms with Gasteiger partial charge in [0, 0.05) is 25.9 Å². The lowest BCUT2D eigenvalue weighted by Gasteiger charge is -2.12. The zero-order chi connectivity index (χ0) is 23.7. The van der Waals surface area contributed by atoms with E-state index in [4.69, 9.17) is 9.47 Å². The van der Waals surface area contributed by atoms with Crippen molar-refractivity contribution in [3.63, 3.8) is 0 Å². The summed E-state index contributed by atoms with van der Waals surface area (Å²) in [5.74, 6) is 2.94. The van der Waals surface area contributed by atoms with Crippen molar-refractivity contribution in [1.82, 2.24) is 24.5 Å². The molecule has 0 aliphatic carbocycles. The largest absolute Gasteiger partial charge is 0.454 e. The average molecular weight is 462 g/mol. The van der Waals surface area contributed by atoms with Crippen LogP contribution in [0.2, 0.25) is 0 Å². The van der Waals surface area contributed by atoms with Gasteiger partial charge in [-0.25, -0.2) is 0 Å². The molecule has 0 saturated carbocycles. The summed E-state index contributed by atoms with van der Waals surface area (Å²) in [7, 11) is 0. The van der Waals surface area contributed by atoms with Crippen LogP contribution in [-0.2, 0) is 24.3 Å². The third kappa shape index (κ3) is 4.21. The molecule has 4 aromatic rings. The van der Waals surface area contributed by atoms with Gasteiger partial charge in [-0.05, 0) is 42.2 Å². The van der Waals surface area contributed by atoms with Crippen LogP contribution in [0.25, 0.3) is 16.7 Å². The number of nitrogens with zero attached hydrogens (tertiary/aromatic N) is 4. The molecule has 0 saturated heterocycles. The molecule has 9 heteroatoms. The Labute approximate surface area is 196 Å². The van der Waals surface area contributed by atoms with E-state index in [1.54, 1.807) is 4.57 Å². The Morgan fingerprint density at radius 3 is 2.79 bits per heavy atom. The van der Waals surface area contributed by atoms with Crippen LogP contribution in [0.1, 0.15) is 38.1 Å². The van der Waals surface area contributed by atoms with Crippen LogP contribution in [0, 0.1) is 5.92 Å². The number of aryl methyl sites for hydroxylation is 2. The number of amides is 1. The summed E-state index contributed by atoms with van der Waals surface area (Å²) in [6, 6.07) is 13.1. The van der Waals surface area contributed by atoms with Gasteiger partial charge in [-0.3, -0.25) is 18.6 Å². The van der Waals surface area contributed by atoms with Crippen LogP contribution in [0.15, 0.2) is 47.3 Å². The van der Waals surface area contributed by atoms with Crippen LogP contribution in [0.5, 0.6) is 11.5 Å². The summed E-state index contributed by atoms with van der Waals surface area (Å²) in [6.07, 6.45) is 1.52. The highest BCUT2D eigenvalue weighted by Gasteiger charge is 2.18. The minimum Gasteiger partial charge on any atom is -0.454 e. The molecule has 1 aliphatic heterocycles. The second-order valence-corrected chi connectivity index (χ2v) is 8.87. The van der Waals surface area contributed by atoms with Crippen molar-refractivity contribution in [2.75, 3.05) is 6.79 Å². The molecule has 0 atom stereocenters. The van der Waals surface area contributed by atoms with Crippen LogP contribution >= 0.6 is 0 Å². The minimum atomic E-state index is -0.0909. The van der Waals surface area contributed by atoms with E-state index in [9.17, 15) is 9.59 Å². The molecule has 0 fully saturated rings. The van der Waals surface area contributed by atoms with E-state index in [1.165, 1.54) is 0 Å². The van der Waals surface area contributed by atoms with E-state index in [2.05, 4.69) is 29.4 Å². The van der Waals surface area contributed by atoms with Gasteiger partial charge in [0.15, 0.2) is 11.5 Å². The molecule has 0 bridgehead atoms. The van der Waals surface area contributed by atoms with Gasteiger partial charge in [-0.2, -0.15) is 0 Å². The first-order valence-electron chi connectivity index (χ1n) is 11.5. The quantitative estimate of drug-likeness (QED) is 0.433. The van der Waals surface area contributed by atoms with Gasteiger partial charge in [-0.15, -0.1) is 10.2 Å². The number of aromatic nitrogens is 4. The predicted octanol–water partition coefficient (Wildman–Crippen LogP) is 3.07. The number of benzene rings is 2. The number of hydrogen-bond donors (Lipinski definition) is 1. The second kappa shape index (κ2) is 9.17. The summed E-state index contributed by atoms with van der Waals surface area (Å²) in [6.45, 7) is 5.44. The Kier molecular flexibility index (Phi) is 5.91. The van der Waals surface area contributed by atoms with Gasteiger partial charge in [0.25, 0.3) is 5.56 Å². The fourth-order valence-electron chi connectivity index (χ4n) is 4.13. The molecule has 0 radical (unpaired) electrons. The highest BCUT2D eigenvalue weighted by atomic mass is 16.7. The topological polar surface area (TPSA) is 99.8 Å². The zero-order valence-electron chi connectivity index (χ0n) is 19.3. The highest BCUT2D eigenvalue weighted by Crippen LogP contribution is 2.32. The summed E-state index contributed by atoms with van der Waals surface area (Å²) >= 11 is 0. The lowest BCUT2D eigenvalue weighted by molar-refractivity contribution is -0.121. The monoisotopic (exact) mass is 461 g/mol. The molecular weight excluding hydrogens is 434 g/mol. The molecule has 9 nitrogen and oxygen atoms in total. The van der Waals surface area contributed by atoms with Crippen LogP contribution in [0.3, 0.4) is 0 Å². The predicted molar refractivity (Wildman–Crippen MR) is 127 cm³/mol. The van der Waals surface area contributed by atoms with Crippen molar-refractivity contribution in [1.29, 1.82) is 0 Å². The fraction of sp³-hybridized carbons (Fsp3) is 0.360.